The Morgan fingerprint density at radius 2 is 1.94 bits per heavy atom. The Balaban J connectivity index is 1.66. The van der Waals surface area contributed by atoms with Crippen molar-refractivity contribution in [2.75, 3.05) is 13.2 Å². The lowest BCUT2D eigenvalue weighted by molar-refractivity contribution is 0.202. The maximum atomic E-state index is 9.37. The molecule has 0 spiro atoms. The number of halogens is 1. The lowest BCUT2D eigenvalue weighted by atomic mass is 10.0. The van der Waals surface area contributed by atoms with Gasteiger partial charge < -0.3 is 10.4 Å². The van der Waals surface area contributed by atoms with Crippen molar-refractivity contribution < 1.29 is 5.11 Å². The number of nitrogens with one attached hydrogen (secondary N) is 1. The molecule has 0 aromatic heterocycles. The van der Waals surface area contributed by atoms with Crippen LogP contribution in [0.4, 0.5) is 0 Å². The van der Waals surface area contributed by atoms with Gasteiger partial charge in [-0.15, -0.1) is 0 Å². The van der Waals surface area contributed by atoms with Crippen molar-refractivity contribution in [3.63, 3.8) is 0 Å². The molecule has 98 valence electrons. The van der Waals surface area contributed by atoms with E-state index in [0.29, 0.717) is 12.6 Å². The summed E-state index contributed by atoms with van der Waals surface area (Å²) in [6.07, 6.45) is 4.95. The minimum atomic E-state index is 0.180. The van der Waals surface area contributed by atoms with Crippen molar-refractivity contribution in [2.24, 2.45) is 11.3 Å². The van der Waals surface area contributed by atoms with Gasteiger partial charge in [0.2, 0.25) is 0 Å². The van der Waals surface area contributed by atoms with Gasteiger partial charge in [0.1, 0.15) is 0 Å². The number of aliphatic hydroxyl groups is 1. The van der Waals surface area contributed by atoms with Crippen LogP contribution in [-0.2, 0) is 0 Å². The number of aliphatic hydroxyl groups excluding tert-OH is 1. The minimum Gasteiger partial charge on any atom is -0.396 e. The molecule has 2 saturated carbocycles. The van der Waals surface area contributed by atoms with E-state index in [1.54, 1.807) is 0 Å². The van der Waals surface area contributed by atoms with Gasteiger partial charge in [0.15, 0.2) is 0 Å². The highest BCUT2D eigenvalue weighted by atomic mass is 35.5. The molecule has 3 heteroatoms. The van der Waals surface area contributed by atoms with E-state index < -0.39 is 0 Å². The molecule has 2 nitrogen and oxygen atoms in total. The molecule has 0 amide bonds. The topological polar surface area (TPSA) is 32.3 Å². The van der Waals surface area contributed by atoms with Gasteiger partial charge in [0, 0.05) is 29.6 Å². The van der Waals surface area contributed by atoms with Crippen molar-refractivity contribution in [3.05, 3.63) is 34.9 Å². The van der Waals surface area contributed by atoms with Crippen LogP contribution < -0.4 is 5.32 Å². The van der Waals surface area contributed by atoms with Crippen LogP contribution in [0.2, 0.25) is 5.02 Å². The predicted octanol–water partition coefficient (Wildman–Crippen LogP) is 3.15. The number of rotatable bonds is 6. The molecule has 2 N–H and O–H groups in total. The Labute approximate surface area is 113 Å². The first-order chi connectivity index (χ1) is 8.72. The Morgan fingerprint density at radius 1 is 1.28 bits per heavy atom. The average Bonchev–Trinajstić information content (AvgIpc) is 3.27. The summed E-state index contributed by atoms with van der Waals surface area (Å²) in [4.78, 5) is 0. The molecule has 2 aliphatic carbocycles. The fraction of sp³-hybridized carbons (Fsp3) is 0.600. The van der Waals surface area contributed by atoms with Crippen molar-refractivity contribution in [2.45, 2.75) is 31.7 Å². The quantitative estimate of drug-likeness (QED) is 0.828. The maximum absolute atomic E-state index is 9.37. The van der Waals surface area contributed by atoms with Gasteiger partial charge in [0.25, 0.3) is 0 Å². The summed E-state index contributed by atoms with van der Waals surface area (Å²) in [7, 11) is 0. The molecule has 3 rings (SSSR count). The van der Waals surface area contributed by atoms with E-state index in [0.717, 1.165) is 30.3 Å². The number of benzene rings is 1. The molecule has 18 heavy (non-hydrogen) atoms. The number of hydrogen-bond donors (Lipinski definition) is 2. The zero-order chi connectivity index (χ0) is 12.6. The van der Waals surface area contributed by atoms with Gasteiger partial charge in [-0.3, -0.25) is 0 Å². The Hall–Kier alpha value is -0.570. The Morgan fingerprint density at radius 3 is 2.44 bits per heavy atom. The summed E-state index contributed by atoms with van der Waals surface area (Å²) >= 11 is 5.94. The van der Waals surface area contributed by atoms with Gasteiger partial charge in [-0.25, -0.2) is 0 Å². The maximum Gasteiger partial charge on any atom is 0.0499 e. The molecule has 0 bridgehead atoms. The zero-order valence-corrected chi connectivity index (χ0v) is 11.3. The second-order valence-electron chi connectivity index (χ2n) is 5.91. The summed E-state index contributed by atoms with van der Waals surface area (Å²) in [6.45, 7) is 1.26. The normalized spacial score (nSPS) is 22.8. The van der Waals surface area contributed by atoms with Crippen molar-refractivity contribution in [1.29, 1.82) is 0 Å². The third-order valence-corrected chi connectivity index (χ3v) is 4.56. The molecule has 0 aliphatic heterocycles. The molecule has 0 saturated heterocycles. The van der Waals surface area contributed by atoms with Crippen LogP contribution >= 0.6 is 11.6 Å². The Kier molecular flexibility index (Phi) is 3.35. The van der Waals surface area contributed by atoms with E-state index >= 15 is 0 Å². The largest absolute Gasteiger partial charge is 0.396 e. The summed E-state index contributed by atoms with van der Waals surface area (Å²) in [5, 5.41) is 13.8. The van der Waals surface area contributed by atoms with E-state index in [1.807, 2.05) is 12.1 Å². The van der Waals surface area contributed by atoms with E-state index in [9.17, 15) is 5.11 Å². The molecular weight excluding hydrogens is 246 g/mol. The molecule has 1 aromatic rings. The second-order valence-corrected chi connectivity index (χ2v) is 6.34. The first kappa shape index (κ1) is 12.5. The molecule has 1 unspecified atom stereocenters. The highest BCUT2D eigenvalue weighted by Gasteiger charge is 2.43. The van der Waals surface area contributed by atoms with Gasteiger partial charge >= 0.3 is 0 Å². The lowest BCUT2D eigenvalue weighted by Gasteiger charge is -2.22. The van der Waals surface area contributed by atoms with Crippen LogP contribution in [-0.4, -0.2) is 18.3 Å². The SMILES string of the molecule is OCC1(CNC(c2ccc(Cl)cc2)C2CC2)CC1. The summed E-state index contributed by atoms with van der Waals surface area (Å²) in [5.74, 6) is 0.765. The monoisotopic (exact) mass is 265 g/mol. The standard InChI is InChI=1S/C15H20ClNO/c16-13-5-3-12(4-6-13)14(11-1-2-11)17-9-15(10-18)7-8-15/h3-6,11,14,17-18H,1-2,7-10H2. The fourth-order valence-electron chi connectivity index (χ4n) is 2.55. The van der Waals surface area contributed by atoms with Gasteiger partial charge in [-0.2, -0.15) is 0 Å². The molecule has 1 aromatic carbocycles. The summed E-state index contributed by atoms with van der Waals surface area (Å²) in [6, 6.07) is 8.61. The smallest absolute Gasteiger partial charge is 0.0499 e. The fourth-order valence-corrected chi connectivity index (χ4v) is 2.68. The Bertz CT molecular complexity index is 409. The van der Waals surface area contributed by atoms with Gasteiger partial charge in [-0.05, 0) is 49.3 Å². The number of hydrogen-bond acceptors (Lipinski definition) is 2. The van der Waals surface area contributed by atoms with E-state index in [2.05, 4.69) is 17.4 Å². The van der Waals surface area contributed by atoms with Gasteiger partial charge in [-0.1, -0.05) is 23.7 Å². The highest BCUT2D eigenvalue weighted by molar-refractivity contribution is 6.30. The molecule has 0 heterocycles. The average molecular weight is 266 g/mol. The van der Waals surface area contributed by atoms with Crippen LogP contribution in [0.1, 0.15) is 37.3 Å². The molecule has 2 fully saturated rings. The summed E-state index contributed by atoms with van der Waals surface area (Å²) in [5.41, 5.74) is 1.51. The van der Waals surface area contributed by atoms with E-state index in [4.69, 9.17) is 11.6 Å². The van der Waals surface area contributed by atoms with Crippen molar-refractivity contribution in [3.8, 4) is 0 Å². The van der Waals surface area contributed by atoms with Crippen LogP contribution in [0, 0.1) is 11.3 Å². The first-order valence-electron chi connectivity index (χ1n) is 6.82. The molecule has 0 radical (unpaired) electrons. The van der Waals surface area contributed by atoms with E-state index in [-0.39, 0.29) is 5.41 Å². The first-order valence-corrected chi connectivity index (χ1v) is 7.20. The van der Waals surface area contributed by atoms with Crippen LogP contribution in [0.3, 0.4) is 0 Å². The van der Waals surface area contributed by atoms with Crippen LogP contribution in [0.15, 0.2) is 24.3 Å². The van der Waals surface area contributed by atoms with Crippen molar-refractivity contribution >= 4 is 11.6 Å². The minimum absolute atomic E-state index is 0.180. The van der Waals surface area contributed by atoms with E-state index in [1.165, 1.54) is 18.4 Å². The third kappa shape index (κ3) is 2.71. The second kappa shape index (κ2) is 4.84. The molecule has 1 atom stereocenters. The highest BCUT2D eigenvalue weighted by Crippen LogP contribution is 2.46. The third-order valence-electron chi connectivity index (χ3n) is 4.31. The van der Waals surface area contributed by atoms with Crippen LogP contribution in [0.5, 0.6) is 0 Å². The molecular formula is C15H20ClNO. The van der Waals surface area contributed by atoms with Crippen molar-refractivity contribution in [1.82, 2.24) is 5.32 Å². The summed E-state index contributed by atoms with van der Waals surface area (Å²) < 4.78 is 0. The van der Waals surface area contributed by atoms with Crippen LogP contribution in [0.25, 0.3) is 0 Å². The van der Waals surface area contributed by atoms with Gasteiger partial charge in [0.05, 0.1) is 0 Å². The molecule has 2 aliphatic rings. The predicted molar refractivity (Wildman–Crippen MR) is 73.7 cm³/mol. The lowest BCUT2D eigenvalue weighted by Crippen LogP contribution is -2.31. The zero-order valence-electron chi connectivity index (χ0n) is 10.5.